The Kier molecular flexibility index (Phi) is 7.60. The van der Waals surface area contributed by atoms with Crippen molar-refractivity contribution in [3.8, 4) is 0 Å². The molecule has 4 rings (SSSR count). The summed E-state index contributed by atoms with van der Waals surface area (Å²) >= 11 is 0. The summed E-state index contributed by atoms with van der Waals surface area (Å²) < 4.78 is 13.4. The summed E-state index contributed by atoms with van der Waals surface area (Å²) in [6.45, 7) is 2.82. The van der Waals surface area contributed by atoms with Crippen LogP contribution in [0.15, 0.2) is 72.8 Å². The Bertz CT molecular complexity index is 1250. The number of hydrogen-bond donors (Lipinski definition) is 3. The number of nitrogens with zero attached hydrogens (tertiary/aromatic N) is 2. The van der Waals surface area contributed by atoms with Gasteiger partial charge in [-0.1, -0.05) is 42.0 Å². The zero-order chi connectivity index (χ0) is 25.7. The number of anilines is 1. The number of aryl methyl sites for hydroxylation is 1. The van der Waals surface area contributed by atoms with Gasteiger partial charge in [0.1, 0.15) is 5.82 Å². The van der Waals surface area contributed by atoms with Crippen LogP contribution in [0.1, 0.15) is 27.0 Å². The van der Waals surface area contributed by atoms with Gasteiger partial charge in [-0.2, -0.15) is 0 Å². The lowest BCUT2D eigenvalue weighted by molar-refractivity contribution is -0.128. The van der Waals surface area contributed by atoms with Crippen molar-refractivity contribution in [2.45, 2.75) is 26.2 Å². The van der Waals surface area contributed by atoms with Crippen LogP contribution in [0.3, 0.4) is 0 Å². The fraction of sp³-hybridized carbons (Fsp3) is 0.222. The summed E-state index contributed by atoms with van der Waals surface area (Å²) in [4.78, 5) is 42.4. The number of benzene rings is 3. The molecule has 0 aliphatic carbocycles. The van der Waals surface area contributed by atoms with Crippen LogP contribution in [0.4, 0.5) is 14.9 Å². The Morgan fingerprint density at radius 1 is 0.944 bits per heavy atom. The van der Waals surface area contributed by atoms with Gasteiger partial charge in [0.05, 0.1) is 0 Å². The minimum absolute atomic E-state index is 0.151. The van der Waals surface area contributed by atoms with E-state index in [1.807, 2.05) is 43.3 Å². The molecule has 0 saturated carbocycles. The lowest BCUT2D eigenvalue weighted by Gasteiger charge is -2.29. The first-order chi connectivity index (χ1) is 17.4. The van der Waals surface area contributed by atoms with Gasteiger partial charge >= 0.3 is 6.03 Å². The van der Waals surface area contributed by atoms with Crippen LogP contribution in [-0.4, -0.2) is 46.9 Å². The van der Waals surface area contributed by atoms with E-state index < -0.39 is 29.8 Å². The number of nitrogens with two attached hydrogens (primary N) is 1. The van der Waals surface area contributed by atoms with Crippen LogP contribution in [0.5, 0.6) is 0 Å². The van der Waals surface area contributed by atoms with Crippen molar-refractivity contribution < 1.29 is 18.8 Å². The van der Waals surface area contributed by atoms with Crippen molar-refractivity contribution in [1.29, 1.82) is 0 Å². The largest absolute Gasteiger partial charge is 0.349 e. The van der Waals surface area contributed by atoms with Gasteiger partial charge in [-0.3, -0.25) is 14.5 Å². The summed E-state index contributed by atoms with van der Waals surface area (Å²) in [7, 11) is 0. The summed E-state index contributed by atoms with van der Waals surface area (Å²) in [6, 6.07) is 19.3. The van der Waals surface area contributed by atoms with E-state index in [9.17, 15) is 18.8 Å². The van der Waals surface area contributed by atoms with Gasteiger partial charge in [0.2, 0.25) is 0 Å². The van der Waals surface area contributed by atoms with Crippen molar-refractivity contribution in [3.63, 3.8) is 0 Å². The highest BCUT2D eigenvalue weighted by Gasteiger charge is 2.43. The van der Waals surface area contributed by atoms with E-state index in [-0.39, 0.29) is 25.2 Å². The highest BCUT2D eigenvalue weighted by atomic mass is 19.1. The van der Waals surface area contributed by atoms with E-state index in [1.54, 1.807) is 12.1 Å². The highest BCUT2D eigenvalue weighted by molar-refractivity contribution is 6.00. The molecule has 0 bridgehead atoms. The Balaban J connectivity index is 1.55. The normalized spacial score (nSPS) is 15.0. The summed E-state index contributed by atoms with van der Waals surface area (Å²) in [5.41, 5.74) is 9.32. The van der Waals surface area contributed by atoms with Crippen LogP contribution in [0, 0.1) is 12.7 Å². The van der Waals surface area contributed by atoms with Crippen molar-refractivity contribution >= 4 is 23.5 Å². The molecule has 36 heavy (non-hydrogen) atoms. The molecule has 1 aliphatic heterocycles. The maximum absolute atomic E-state index is 13.4. The van der Waals surface area contributed by atoms with Gasteiger partial charge < -0.3 is 21.3 Å². The number of nitrogens with one attached hydrogen (secondary N) is 2. The van der Waals surface area contributed by atoms with Crippen molar-refractivity contribution in [2.75, 3.05) is 18.4 Å². The average Bonchev–Trinajstić information content (AvgIpc) is 3.34. The van der Waals surface area contributed by atoms with Crippen LogP contribution in [-0.2, 0) is 17.9 Å². The van der Waals surface area contributed by atoms with E-state index in [0.717, 1.165) is 16.7 Å². The molecule has 1 atom stereocenters. The third kappa shape index (κ3) is 5.69. The van der Waals surface area contributed by atoms with Crippen LogP contribution in [0.25, 0.3) is 0 Å². The second-order valence-electron chi connectivity index (χ2n) is 8.61. The first-order valence-corrected chi connectivity index (χ1v) is 11.6. The molecule has 0 radical (unpaired) electrons. The molecular formula is C27H28FN5O3. The first-order valence-electron chi connectivity index (χ1n) is 11.6. The molecule has 3 aromatic rings. The summed E-state index contributed by atoms with van der Waals surface area (Å²) in [5, 5.41) is 5.64. The smallest absolute Gasteiger partial charge is 0.323 e. The van der Waals surface area contributed by atoms with Crippen molar-refractivity contribution in [2.24, 2.45) is 5.73 Å². The molecule has 1 aliphatic rings. The zero-order valence-corrected chi connectivity index (χ0v) is 19.9. The number of carbonyl (C=O) groups excluding carboxylic acids is 3. The second kappa shape index (κ2) is 11.0. The molecule has 186 valence electrons. The molecular weight excluding hydrogens is 461 g/mol. The quantitative estimate of drug-likeness (QED) is 0.494. The standard InChI is InChI=1S/C27H28FN5O3/c1-18-5-11-23(12-6-18)31-27(36)33-14-13-32(26(35)21-7-9-22(28)10-8-21)25(33)24(34)30-17-20-4-2-3-19(15-20)16-29/h2-12,15,25H,13-14,16-17,29H2,1H3,(H,30,34)(H,31,36). The maximum Gasteiger partial charge on any atom is 0.323 e. The molecule has 1 fully saturated rings. The fourth-order valence-corrected chi connectivity index (χ4v) is 4.07. The number of halogens is 1. The average molecular weight is 490 g/mol. The van der Waals surface area contributed by atoms with Gasteiger partial charge in [-0.25, -0.2) is 9.18 Å². The zero-order valence-electron chi connectivity index (χ0n) is 19.9. The molecule has 1 saturated heterocycles. The van der Waals surface area contributed by atoms with Crippen molar-refractivity contribution in [3.05, 3.63) is 101 Å². The van der Waals surface area contributed by atoms with E-state index in [4.69, 9.17) is 5.73 Å². The van der Waals surface area contributed by atoms with Crippen LogP contribution in [0.2, 0.25) is 0 Å². The van der Waals surface area contributed by atoms with Gasteiger partial charge in [-0.15, -0.1) is 0 Å². The number of carbonyl (C=O) groups is 3. The molecule has 4 N–H and O–H groups in total. The van der Waals surface area contributed by atoms with E-state index >= 15 is 0 Å². The van der Waals surface area contributed by atoms with Crippen LogP contribution >= 0.6 is 0 Å². The van der Waals surface area contributed by atoms with Gasteiger partial charge in [0, 0.05) is 37.4 Å². The first kappa shape index (κ1) is 24.9. The van der Waals surface area contributed by atoms with E-state index in [2.05, 4.69) is 10.6 Å². The predicted molar refractivity (Wildman–Crippen MR) is 134 cm³/mol. The van der Waals surface area contributed by atoms with Gasteiger partial charge in [0.25, 0.3) is 11.8 Å². The number of amides is 4. The molecule has 9 heteroatoms. The fourth-order valence-electron chi connectivity index (χ4n) is 4.07. The number of urea groups is 1. The Hall–Kier alpha value is -4.24. The van der Waals surface area contributed by atoms with Crippen LogP contribution < -0.4 is 16.4 Å². The van der Waals surface area contributed by atoms with Crippen molar-refractivity contribution in [1.82, 2.24) is 15.1 Å². The van der Waals surface area contributed by atoms with E-state index in [1.165, 1.54) is 34.1 Å². The Morgan fingerprint density at radius 3 is 2.31 bits per heavy atom. The lowest BCUT2D eigenvalue weighted by Crippen LogP contribution is -2.54. The Morgan fingerprint density at radius 2 is 1.61 bits per heavy atom. The number of hydrogen-bond acceptors (Lipinski definition) is 4. The Labute approximate surface area is 208 Å². The maximum atomic E-state index is 13.4. The van der Waals surface area contributed by atoms with Gasteiger partial charge in [0.15, 0.2) is 6.17 Å². The van der Waals surface area contributed by atoms with E-state index in [0.29, 0.717) is 12.2 Å². The topological polar surface area (TPSA) is 108 Å². The molecule has 1 heterocycles. The number of rotatable bonds is 6. The third-order valence-corrected chi connectivity index (χ3v) is 6.02. The molecule has 3 aromatic carbocycles. The molecule has 0 spiro atoms. The molecule has 0 aromatic heterocycles. The SMILES string of the molecule is Cc1ccc(NC(=O)N2CCN(C(=O)c3ccc(F)cc3)C2C(=O)NCc2cccc(CN)c2)cc1. The highest BCUT2D eigenvalue weighted by Crippen LogP contribution is 2.21. The predicted octanol–water partition coefficient (Wildman–Crippen LogP) is 3.23. The molecule has 4 amide bonds. The monoisotopic (exact) mass is 489 g/mol. The lowest BCUT2D eigenvalue weighted by atomic mass is 10.1. The van der Waals surface area contributed by atoms with Gasteiger partial charge in [-0.05, 0) is 54.4 Å². The molecule has 8 nitrogen and oxygen atoms in total. The minimum Gasteiger partial charge on any atom is -0.349 e. The minimum atomic E-state index is -1.18. The second-order valence-corrected chi connectivity index (χ2v) is 8.61. The summed E-state index contributed by atoms with van der Waals surface area (Å²) in [5.74, 6) is -1.44. The molecule has 1 unspecified atom stereocenters. The summed E-state index contributed by atoms with van der Waals surface area (Å²) in [6.07, 6.45) is -1.18. The third-order valence-electron chi connectivity index (χ3n) is 6.02.